The predicted molar refractivity (Wildman–Crippen MR) is 144 cm³/mol. The summed E-state index contributed by atoms with van der Waals surface area (Å²) in [5.41, 5.74) is 3.35. The van der Waals surface area contributed by atoms with Crippen molar-refractivity contribution in [3.63, 3.8) is 0 Å². The van der Waals surface area contributed by atoms with E-state index in [2.05, 4.69) is 29.8 Å². The van der Waals surface area contributed by atoms with E-state index in [4.69, 9.17) is 4.74 Å². The van der Waals surface area contributed by atoms with Crippen molar-refractivity contribution in [2.24, 2.45) is 0 Å². The van der Waals surface area contributed by atoms with Gasteiger partial charge >= 0.3 is 0 Å². The SMILES string of the molecule is C#C.CCc1ccc(S(=O)N[C@H]2CC(C)(C)Oc3ccc(C(=O)Nc4cccc(CO)c4)cc32)cc1. The number of benzene rings is 3. The molecule has 0 bridgehead atoms. The molecule has 3 N–H and O–H groups in total. The maximum Gasteiger partial charge on any atom is 0.255 e. The van der Waals surface area contributed by atoms with Gasteiger partial charge in [0.25, 0.3) is 5.91 Å². The van der Waals surface area contributed by atoms with Crippen LogP contribution in [0.15, 0.2) is 71.6 Å². The van der Waals surface area contributed by atoms with Gasteiger partial charge in [-0.3, -0.25) is 4.79 Å². The van der Waals surface area contributed by atoms with E-state index in [0.29, 0.717) is 28.3 Å². The molecule has 3 aromatic carbocycles. The zero-order valence-electron chi connectivity index (χ0n) is 20.8. The fourth-order valence-corrected chi connectivity index (χ4v) is 5.09. The molecule has 0 spiro atoms. The summed E-state index contributed by atoms with van der Waals surface area (Å²) in [6, 6.07) is 19.9. The van der Waals surface area contributed by atoms with Crippen molar-refractivity contribution in [1.29, 1.82) is 0 Å². The highest BCUT2D eigenvalue weighted by molar-refractivity contribution is 7.83. The molecule has 0 radical (unpaired) electrons. The lowest BCUT2D eigenvalue weighted by Gasteiger charge is -2.38. The Morgan fingerprint density at radius 2 is 1.81 bits per heavy atom. The van der Waals surface area contributed by atoms with Gasteiger partial charge < -0.3 is 15.2 Å². The van der Waals surface area contributed by atoms with Crippen molar-refractivity contribution in [2.45, 2.75) is 56.8 Å². The van der Waals surface area contributed by atoms with Crippen molar-refractivity contribution in [3.8, 4) is 18.6 Å². The molecule has 4 rings (SSSR count). The van der Waals surface area contributed by atoms with Crippen molar-refractivity contribution >= 4 is 22.6 Å². The number of carbonyl (C=O) groups is 1. The summed E-state index contributed by atoms with van der Waals surface area (Å²) in [4.78, 5) is 13.7. The molecule has 0 aromatic heterocycles. The van der Waals surface area contributed by atoms with Crippen LogP contribution in [-0.2, 0) is 24.0 Å². The molecule has 0 saturated heterocycles. The Bertz CT molecular complexity index is 1250. The van der Waals surface area contributed by atoms with Crippen LogP contribution >= 0.6 is 0 Å². The van der Waals surface area contributed by atoms with Gasteiger partial charge in [-0.15, -0.1) is 12.8 Å². The summed E-state index contributed by atoms with van der Waals surface area (Å²) in [7, 11) is -1.41. The van der Waals surface area contributed by atoms with Gasteiger partial charge in [0.2, 0.25) is 0 Å². The van der Waals surface area contributed by atoms with Crippen LogP contribution in [0.3, 0.4) is 0 Å². The fourth-order valence-electron chi connectivity index (χ4n) is 4.10. The van der Waals surface area contributed by atoms with Crippen molar-refractivity contribution in [3.05, 3.63) is 89.0 Å². The van der Waals surface area contributed by atoms with Crippen molar-refractivity contribution in [1.82, 2.24) is 4.72 Å². The van der Waals surface area contributed by atoms with Crippen LogP contribution in [0.1, 0.15) is 60.3 Å². The third-order valence-electron chi connectivity index (χ3n) is 5.89. The number of hydrogen-bond acceptors (Lipinski definition) is 4. The molecule has 1 heterocycles. The van der Waals surface area contributed by atoms with E-state index in [0.717, 1.165) is 17.5 Å². The van der Waals surface area contributed by atoms with E-state index in [1.54, 1.807) is 42.5 Å². The molecule has 0 fully saturated rings. The van der Waals surface area contributed by atoms with Crippen LogP contribution in [-0.4, -0.2) is 20.8 Å². The lowest BCUT2D eigenvalue weighted by Crippen LogP contribution is -2.40. The third-order valence-corrected chi connectivity index (χ3v) is 7.09. The molecule has 1 aliphatic heterocycles. The van der Waals surface area contributed by atoms with E-state index in [9.17, 15) is 14.1 Å². The molecule has 1 unspecified atom stereocenters. The van der Waals surface area contributed by atoms with Crippen molar-refractivity contribution < 1.29 is 18.8 Å². The number of anilines is 1. The maximum atomic E-state index is 13.1. The maximum absolute atomic E-state index is 13.1. The van der Waals surface area contributed by atoms with Crippen LogP contribution in [0.25, 0.3) is 0 Å². The molecular formula is C29H32N2O4S. The van der Waals surface area contributed by atoms with Gasteiger partial charge in [0, 0.05) is 23.2 Å². The Hall–Kier alpha value is -3.44. The minimum absolute atomic E-state index is 0.0959. The number of ether oxygens (including phenoxy) is 1. The molecule has 188 valence electrons. The normalized spacial score (nSPS) is 16.4. The average Bonchev–Trinajstić information content (AvgIpc) is 2.89. The molecule has 1 aliphatic rings. The number of nitrogens with one attached hydrogen (secondary N) is 2. The molecule has 7 heteroatoms. The van der Waals surface area contributed by atoms with Crippen LogP contribution in [0, 0.1) is 12.8 Å². The first-order valence-corrected chi connectivity index (χ1v) is 12.9. The van der Waals surface area contributed by atoms with Crippen LogP contribution in [0.5, 0.6) is 5.75 Å². The van der Waals surface area contributed by atoms with Crippen LogP contribution < -0.4 is 14.8 Å². The fraction of sp³-hybridized carbons (Fsp3) is 0.276. The lowest BCUT2D eigenvalue weighted by molar-refractivity contribution is 0.0703. The minimum atomic E-state index is -1.41. The van der Waals surface area contributed by atoms with Crippen LogP contribution in [0.2, 0.25) is 0 Å². The molecule has 6 nitrogen and oxygen atoms in total. The monoisotopic (exact) mass is 504 g/mol. The lowest BCUT2D eigenvalue weighted by atomic mass is 9.89. The summed E-state index contributed by atoms with van der Waals surface area (Å²) >= 11 is 0. The van der Waals surface area contributed by atoms with Crippen LogP contribution in [0.4, 0.5) is 5.69 Å². The summed E-state index contributed by atoms with van der Waals surface area (Å²) in [5.74, 6) is 0.406. The highest BCUT2D eigenvalue weighted by atomic mass is 32.2. The Kier molecular flexibility index (Phi) is 9.05. The largest absolute Gasteiger partial charge is 0.487 e. The Morgan fingerprint density at radius 1 is 1.08 bits per heavy atom. The average molecular weight is 505 g/mol. The number of rotatable bonds is 7. The summed E-state index contributed by atoms with van der Waals surface area (Å²) in [6.45, 7) is 5.99. The smallest absolute Gasteiger partial charge is 0.255 e. The Balaban J connectivity index is 0.00000176. The van der Waals surface area contributed by atoms with Crippen molar-refractivity contribution in [2.75, 3.05) is 5.32 Å². The first-order valence-electron chi connectivity index (χ1n) is 11.7. The number of carbonyl (C=O) groups excluding carboxylic acids is 1. The molecule has 2 atom stereocenters. The number of fused-ring (bicyclic) bond motifs is 1. The zero-order valence-corrected chi connectivity index (χ0v) is 21.6. The Morgan fingerprint density at radius 3 is 2.47 bits per heavy atom. The van der Waals surface area contributed by atoms with Gasteiger partial charge in [0.1, 0.15) is 22.3 Å². The zero-order chi connectivity index (χ0) is 26.3. The number of aliphatic hydroxyl groups is 1. The highest BCUT2D eigenvalue weighted by Gasteiger charge is 2.35. The summed E-state index contributed by atoms with van der Waals surface area (Å²) in [6.07, 6.45) is 9.53. The number of terminal acetylenes is 1. The molecule has 3 aromatic rings. The van der Waals surface area contributed by atoms with Gasteiger partial charge in [-0.1, -0.05) is 31.2 Å². The Labute approximate surface area is 215 Å². The minimum Gasteiger partial charge on any atom is -0.487 e. The van der Waals surface area contributed by atoms with Gasteiger partial charge in [-0.2, -0.15) is 0 Å². The second-order valence-corrected chi connectivity index (χ2v) is 10.3. The second kappa shape index (κ2) is 12.0. The summed E-state index contributed by atoms with van der Waals surface area (Å²) < 4.78 is 22.5. The number of hydrogen-bond donors (Lipinski definition) is 3. The topological polar surface area (TPSA) is 87.7 Å². The van der Waals surface area contributed by atoms with E-state index >= 15 is 0 Å². The van der Waals surface area contributed by atoms with E-state index in [-0.39, 0.29) is 18.6 Å². The predicted octanol–water partition coefficient (Wildman–Crippen LogP) is 5.16. The van der Waals surface area contributed by atoms with Gasteiger partial charge in [-0.25, -0.2) is 8.93 Å². The first-order chi connectivity index (χ1) is 17.3. The van der Waals surface area contributed by atoms with Gasteiger partial charge in [0.15, 0.2) is 0 Å². The number of amides is 1. The first kappa shape index (κ1) is 27.2. The summed E-state index contributed by atoms with van der Waals surface area (Å²) in [5, 5.41) is 12.2. The van der Waals surface area contributed by atoms with Gasteiger partial charge in [-0.05, 0) is 73.9 Å². The number of aliphatic hydroxyl groups excluding tert-OH is 1. The molecule has 1 amide bonds. The van der Waals surface area contributed by atoms with E-state index < -0.39 is 16.6 Å². The molecule has 36 heavy (non-hydrogen) atoms. The highest BCUT2D eigenvalue weighted by Crippen LogP contribution is 2.40. The standard InChI is InChI=1S/C27H30N2O4S.C2H2/c1-4-18-8-11-22(12-9-18)34(32)29-24-16-27(2,3)33-25-13-10-20(15-23(24)25)26(31)28-21-7-5-6-19(14-21)17-30;1-2/h5-15,24,29-30H,4,16-17H2,1-3H3,(H,28,31);1-2H/t24-,34?;/m0./s1. The molecule has 0 saturated carbocycles. The molecule has 0 aliphatic carbocycles. The number of aryl methyl sites for hydroxylation is 1. The van der Waals surface area contributed by atoms with Gasteiger partial charge in [0.05, 0.1) is 17.5 Å². The second-order valence-electron chi connectivity index (χ2n) is 9.07. The third kappa shape index (κ3) is 6.61. The van der Waals surface area contributed by atoms with E-state index in [1.807, 2.05) is 38.1 Å². The van der Waals surface area contributed by atoms with E-state index in [1.165, 1.54) is 5.56 Å². The molecular weight excluding hydrogens is 472 g/mol. The quantitative estimate of drug-likeness (QED) is 0.388.